The summed E-state index contributed by atoms with van der Waals surface area (Å²) in [6.07, 6.45) is -2.96. The smallest absolute Gasteiger partial charge is 0.279 e. The molecule has 7 nitrogen and oxygen atoms in total. The van der Waals surface area contributed by atoms with E-state index in [4.69, 9.17) is 11.6 Å². The molecule has 0 spiro atoms. The fourth-order valence-corrected chi connectivity index (χ4v) is 4.13. The Morgan fingerprint density at radius 1 is 1.14 bits per heavy atom. The number of nitrogens with one attached hydrogen (secondary N) is 1. The summed E-state index contributed by atoms with van der Waals surface area (Å²) in [5.41, 5.74) is -0.668. The first-order valence-electron chi connectivity index (χ1n) is 8.43. The number of alkyl halides is 3. The zero-order chi connectivity index (χ0) is 20.8. The Hall–Kier alpha value is -2.66. The van der Waals surface area contributed by atoms with Gasteiger partial charge in [-0.15, -0.1) is 5.10 Å². The highest BCUT2D eigenvalue weighted by Crippen LogP contribution is 2.39. The molecule has 0 atom stereocenters. The molecule has 1 heterocycles. The van der Waals surface area contributed by atoms with Gasteiger partial charge < -0.3 is 0 Å². The van der Waals surface area contributed by atoms with E-state index < -0.39 is 31.7 Å². The maximum absolute atomic E-state index is 13.1. The zero-order valence-electron chi connectivity index (χ0n) is 14.6. The van der Waals surface area contributed by atoms with Crippen molar-refractivity contribution < 1.29 is 21.6 Å². The molecule has 0 amide bonds. The molecule has 1 aliphatic rings. The molecule has 0 aliphatic heterocycles. The average molecular weight is 444 g/mol. The minimum absolute atomic E-state index is 0.146. The van der Waals surface area contributed by atoms with E-state index in [2.05, 4.69) is 20.2 Å². The fraction of sp³-hybridized carbons (Fsp3) is 0.235. The molecule has 2 aromatic carbocycles. The molecular weight excluding hydrogens is 431 g/mol. The van der Waals surface area contributed by atoms with Gasteiger partial charge in [-0.05, 0) is 53.6 Å². The van der Waals surface area contributed by atoms with E-state index in [0.717, 1.165) is 25.0 Å². The third-order valence-corrected chi connectivity index (χ3v) is 6.04. The van der Waals surface area contributed by atoms with Crippen LogP contribution in [0.5, 0.6) is 0 Å². The maximum atomic E-state index is 13.1. The number of hydrogen-bond donors (Lipinski definition) is 1. The van der Waals surface area contributed by atoms with Crippen molar-refractivity contribution in [2.45, 2.75) is 30.0 Å². The lowest BCUT2D eigenvalue weighted by Crippen LogP contribution is -2.16. The van der Waals surface area contributed by atoms with Crippen molar-refractivity contribution >= 4 is 27.3 Å². The number of aromatic nitrogens is 4. The molecule has 4 rings (SSSR count). The fourth-order valence-electron chi connectivity index (χ4n) is 2.80. The molecule has 1 N–H and O–H groups in total. The van der Waals surface area contributed by atoms with Crippen molar-refractivity contribution in [1.29, 1.82) is 0 Å². The van der Waals surface area contributed by atoms with Crippen LogP contribution in [0.2, 0.25) is 5.02 Å². The predicted molar refractivity (Wildman–Crippen MR) is 98.8 cm³/mol. The van der Waals surface area contributed by atoms with E-state index in [0.29, 0.717) is 17.5 Å². The summed E-state index contributed by atoms with van der Waals surface area (Å²) in [4.78, 5) is -0.564. The lowest BCUT2D eigenvalue weighted by molar-refractivity contribution is -0.137. The molecule has 3 aromatic rings. The van der Waals surface area contributed by atoms with Crippen LogP contribution in [0.3, 0.4) is 0 Å². The second-order valence-electron chi connectivity index (χ2n) is 6.47. The Morgan fingerprint density at radius 3 is 2.55 bits per heavy atom. The summed E-state index contributed by atoms with van der Waals surface area (Å²) in [6.45, 7) is 0. The summed E-state index contributed by atoms with van der Waals surface area (Å²) in [5, 5.41) is 11.0. The van der Waals surface area contributed by atoms with E-state index in [9.17, 15) is 21.6 Å². The van der Waals surface area contributed by atoms with E-state index in [1.807, 2.05) is 0 Å². The molecule has 0 saturated heterocycles. The summed E-state index contributed by atoms with van der Waals surface area (Å²) in [7, 11) is -4.33. The molecule has 0 bridgehead atoms. The summed E-state index contributed by atoms with van der Waals surface area (Å²) >= 11 is 5.58. The van der Waals surface area contributed by atoms with Crippen molar-refractivity contribution in [2.75, 3.05) is 4.72 Å². The van der Waals surface area contributed by atoms with Crippen LogP contribution in [0.4, 0.5) is 18.9 Å². The SMILES string of the molecule is O=S(=O)(Nc1ccccc1-c1nnnn1C1CC1)c1ccc(Cl)c(C(F)(F)F)c1. The van der Waals surface area contributed by atoms with Crippen molar-refractivity contribution in [1.82, 2.24) is 20.2 Å². The Labute approximate surface area is 168 Å². The van der Waals surface area contributed by atoms with Gasteiger partial charge in [0.05, 0.1) is 27.2 Å². The molecule has 152 valence electrons. The number of nitrogens with zero attached hydrogens (tertiary/aromatic N) is 4. The topological polar surface area (TPSA) is 89.8 Å². The molecule has 1 aromatic heterocycles. The lowest BCUT2D eigenvalue weighted by atomic mass is 10.1. The predicted octanol–water partition coefficient (Wildman–Crippen LogP) is 4.15. The number of rotatable bonds is 5. The van der Waals surface area contributed by atoms with E-state index in [1.54, 1.807) is 22.9 Å². The molecule has 1 saturated carbocycles. The monoisotopic (exact) mass is 443 g/mol. The van der Waals surface area contributed by atoms with E-state index >= 15 is 0 Å². The molecule has 0 unspecified atom stereocenters. The van der Waals surface area contributed by atoms with Crippen LogP contribution in [0.1, 0.15) is 24.4 Å². The van der Waals surface area contributed by atoms with Gasteiger partial charge in [0.25, 0.3) is 10.0 Å². The van der Waals surface area contributed by atoms with Crippen LogP contribution in [0.25, 0.3) is 11.4 Å². The van der Waals surface area contributed by atoms with Crippen LogP contribution in [-0.2, 0) is 16.2 Å². The molecular formula is C17H13ClF3N5O2S. The molecule has 1 aliphatic carbocycles. The summed E-state index contributed by atoms with van der Waals surface area (Å²) in [5.74, 6) is 0.373. The van der Waals surface area contributed by atoms with Gasteiger partial charge in [0.1, 0.15) is 0 Å². The van der Waals surface area contributed by atoms with Gasteiger partial charge in [0, 0.05) is 5.56 Å². The summed E-state index contributed by atoms with van der Waals surface area (Å²) < 4.78 is 68.8. The van der Waals surface area contributed by atoms with Crippen LogP contribution in [-0.4, -0.2) is 28.6 Å². The molecule has 12 heteroatoms. The second-order valence-corrected chi connectivity index (χ2v) is 8.56. The third kappa shape index (κ3) is 3.92. The Bertz CT molecular complexity index is 1180. The second kappa shape index (κ2) is 6.99. The average Bonchev–Trinajstić information content (AvgIpc) is 3.38. The first kappa shape index (κ1) is 19.6. The van der Waals surface area contributed by atoms with Gasteiger partial charge in [-0.2, -0.15) is 13.2 Å². The number of tetrazole rings is 1. The zero-order valence-corrected chi connectivity index (χ0v) is 16.1. The molecule has 1 fully saturated rings. The molecule has 29 heavy (non-hydrogen) atoms. The van der Waals surface area contributed by atoms with Gasteiger partial charge in [0.2, 0.25) is 0 Å². The highest BCUT2D eigenvalue weighted by Gasteiger charge is 2.35. The number of halogens is 4. The highest BCUT2D eigenvalue weighted by atomic mass is 35.5. The van der Waals surface area contributed by atoms with Crippen molar-refractivity contribution in [3.8, 4) is 11.4 Å². The number of benzene rings is 2. The quantitative estimate of drug-likeness (QED) is 0.639. The first-order valence-corrected chi connectivity index (χ1v) is 10.3. The first-order chi connectivity index (χ1) is 13.7. The lowest BCUT2D eigenvalue weighted by Gasteiger charge is -2.14. The van der Waals surface area contributed by atoms with Crippen LogP contribution in [0, 0.1) is 0 Å². The number of anilines is 1. The minimum atomic E-state index is -4.78. The number of para-hydroxylation sites is 1. The number of hydrogen-bond acceptors (Lipinski definition) is 5. The van der Waals surface area contributed by atoms with Gasteiger partial charge in [-0.1, -0.05) is 23.7 Å². The van der Waals surface area contributed by atoms with Crippen LogP contribution in [0.15, 0.2) is 47.4 Å². The van der Waals surface area contributed by atoms with Gasteiger partial charge in [-0.25, -0.2) is 13.1 Å². The minimum Gasteiger partial charge on any atom is -0.279 e. The van der Waals surface area contributed by atoms with E-state index in [-0.39, 0.29) is 11.7 Å². The molecule has 0 radical (unpaired) electrons. The third-order valence-electron chi connectivity index (χ3n) is 4.35. The van der Waals surface area contributed by atoms with Gasteiger partial charge >= 0.3 is 6.18 Å². The van der Waals surface area contributed by atoms with Crippen LogP contribution < -0.4 is 4.72 Å². The van der Waals surface area contributed by atoms with Gasteiger partial charge in [0.15, 0.2) is 5.82 Å². The standard InChI is InChI=1S/C17H13ClF3N5O2S/c18-14-8-7-11(9-13(14)17(19,20)21)29(27,28)23-15-4-2-1-3-12(15)16-22-24-25-26(16)10-5-6-10/h1-4,7-10,23H,5-6H2. The maximum Gasteiger partial charge on any atom is 0.417 e. The van der Waals surface area contributed by atoms with E-state index in [1.165, 1.54) is 6.07 Å². The van der Waals surface area contributed by atoms with Crippen molar-refractivity contribution in [3.05, 3.63) is 53.1 Å². The summed E-state index contributed by atoms with van der Waals surface area (Å²) in [6, 6.07) is 8.95. The number of sulfonamides is 1. The van der Waals surface area contributed by atoms with Crippen molar-refractivity contribution in [3.63, 3.8) is 0 Å². The Kier molecular flexibility index (Phi) is 4.74. The normalized spacial score (nSPS) is 14.8. The highest BCUT2D eigenvalue weighted by molar-refractivity contribution is 7.92. The largest absolute Gasteiger partial charge is 0.417 e. The Balaban J connectivity index is 1.72. The van der Waals surface area contributed by atoms with Gasteiger partial charge in [-0.3, -0.25) is 4.72 Å². The van der Waals surface area contributed by atoms with Crippen LogP contribution >= 0.6 is 11.6 Å². The van der Waals surface area contributed by atoms with Crippen molar-refractivity contribution in [2.24, 2.45) is 0 Å². The Morgan fingerprint density at radius 2 is 1.86 bits per heavy atom.